The van der Waals surface area contributed by atoms with Gasteiger partial charge in [-0.15, -0.1) is 0 Å². The molecule has 0 aliphatic heterocycles. The van der Waals surface area contributed by atoms with E-state index < -0.39 is 0 Å². The Bertz CT molecular complexity index is 1090. The number of anilines is 1. The van der Waals surface area contributed by atoms with E-state index in [2.05, 4.69) is 56.5 Å². The summed E-state index contributed by atoms with van der Waals surface area (Å²) in [5.41, 5.74) is 7.36. The molecule has 3 saturated carbocycles. The second-order valence-corrected chi connectivity index (χ2v) is 14.6. The number of hydrogen-bond donors (Lipinski definition) is 2. The Hall–Kier alpha value is -1.75. The summed E-state index contributed by atoms with van der Waals surface area (Å²) < 4.78 is 13.2. The molecule has 0 saturated heterocycles. The van der Waals surface area contributed by atoms with Crippen LogP contribution in [0.15, 0.2) is 41.0 Å². The minimum atomic E-state index is -0.256. The van der Waals surface area contributed by atoms with Gasteiger partial charge in [-0.05, 0) is 140 Å². The van der Waals surface area contributed by atoms with Crippen LogP contribution >= 0.6 is 12.2 Å². The van der Waals surface area contributed by atoms with E-state index >= 15 is 0 Å². The lowest BCUT2D eigenvalue weighted by Crippen LogP contribution is -2.51. The predicted molar refractivity (Wildman–Crippen MR) is 166 cm³/mol. The summed E-state index contributed by atoms with van der Waals surface area (Å²) in [6.07, 6.45) is 17.1. The highest BCUT2D eigenvalue weighted by Gasteiger charge is 2.59. The molecule has 1 aromatic rings. The third-order valence-corrected chi connectivity index (χ3v) is 11.8. The molecule has 4 aliphatic carbocycles. The van der Waals surface area contributed by atoms with Crippen molar-refractivity contribution in [3.63, 3.8) is 0 Å². The molecule has 0 heterocycles. The van der Waals surface area contributed by atoms with Gasteiger partial charge in [-0.3, -0.25) is 5.43 Å². The van der Waals surface area contributed by atoms with Crippen molar-refractivity contribution >= 4 is 28.7 Å². The van der Waals surface area contributed by atoms with E-state index in [-0.39, 0.29) is 5.82 Å². The van der Waals surface area contributed by atoms with Gasteiger partial charge in [0.05, 0.1) is 5.71 Å². The van der Waals surface area contributed by atoms with Crippen molar-refractivity contribution in [2.75, 3.05) is 5.32 Å². The lowest BCUT2D eigenvalue weighted by molar-refractivity contribution is -0.0573. The molecule has 3 nitrogen and oxygen atoms in total. The Kier molecular flexibility index (Phi) is 8.57. The number of thiocarbonyl (C=S) groups is 1. The maximum atomic E-state index is 13.2. The number of nitrogens with zero attached hydrogens (tertiary/aromatic N) is 1. The molecule has 39 heavy (non-hydrogen) atoms. The van der Waals surface area contributed by atoms with Crippen molar-refractivity contribution in [2.45, 2.75) is 105 Å². The van der Waals surface area contributed by atoms with Gasteiger partial charge in [-0.2, -0.15) is 5.10 Å². The van der Waals surface area contributed by atoms with Crippen molar-refractivity contribution < 1.29 is 4.39 Å². The second-order valence-electron chi connectivity index (χ2n) is 14.2. The van der Waals surface area contributed by atoms with Crippen LogP contribution in [-0.4, -0.2) is 10.8 Å². The first-order valence-electron chi connectivity index (χ1n) is 15.7. The zero-order chi connectivity index (χ0) is 27.8. The Morgan fingerprint density at radius 2 is 1.77 bits per heavy atom. The van der Waals surface area contributed by atoms with Crippen molar-refractivity contribution in [3.05, 3.63) is 41.7 Å². The van der Waals surface area contributed by atoms with Crippen LogP contribution < -0.4 is 10.7 Å². The number of fused-ring (bicyclic) bond motifs is 5. The third kappa shape index (κ3) is 5.85. The van der Waals surface area contributed by atoms with Crippen molar-refractivity contribution in [2.24, 2.45) is 51.4 Å². The zero-order valence-corrected chi connectivity index (χ0v) is 25.7. The van der Waals surface area contributed by atoms with Crippen LogP contribution in [0.4, 0.5) is 10.1 Å². The fourth-order valence-electron chi connectivity index (χ4n) is 9.50. The summed E-state index contributed by atoms with van der Waals surface area (Å²) in [5, 5.41) is 8.19. The van der Waals surface area contributed by atoms with Crippen LogP contribution in [-0.2, 0) is 0 Å². The molecule has 4 aliphatic rings. The summed E-state index contributed by atoms with van der Waals surface area (Å²) in [6.45, 7) is 12.6. The number of rotatable bonds is 7. The fraction of sp³-hybridized carbons (Fsp3) is 0.706. The maximum absolute atomic E-state index is 13.2. The molecule has 2 N–H and O–H groups in total. The Balaban J connectivity index is 1.22. The second kappa shape index (κ2) is 11.6. The van der Waals surface area contributed by atoms with Crippen molar-refractivity contribution in [3.8, 4) is 0 Å². The van der Waals surface area contributed by atoms with E-state index in [0.29, 0.717) is 15.9 Å². The number of halogens is 1. The quantitative estimate of drug-likeness (QED) is 0.262. The third-order valence-electron chi connectivity index (χ3n) is 11.6. The van der Waals surface area contributed by atoms with E-state index in [1.165, 1.54) is 76.3 Å². The molecule has 3 fully saturated rings. The van der Waals surface area contributed by atoms with Crippen LogP contribution in [0.5, 0.6) is 0 Å². The maximum Gasteiger partial charge on any atom is 0.191 e. The highest BCUT2D eigenvalue weighted by atomic mass is 32.1. The van der Waals surface area contributed by atoms with Crippen LogP contribution in [0.2, 0.25) is 0 Å². The molecular weight excluding hydrogens is 501 g/mol. The monoisotopic (exact) mass is 551 g/mol. The summed E-state index contributed by atoms with van der Waals surface area (Å²) in [4.78, 5) is 0. The van der Waals surface area contributed by atoms with E-state index in [1.807, 2.05) is 0 Å². The van der Waals surface area contributed by atoms with Gasteiger partial charge >= 0.3 is 0 Å². The normalized spacial score (nSPS) is 35.6. The molecule has 0 unspecified atom stereocenters. The highest BCUT2D eigenvalue weighted by Crippen LogP contribution is 2.67. The first-order valence-corrected chi connectivity index (χ1v) is 16.1. The number of hydrogen-bond acceptors (Lipinski definition) is 2. The zero-order valence-electron chi connectivity index (χ0n) is 24.9. The van der Waals surface area contributed by atoms with Crippen LogP contribution in [0.3, 0.4) is 0 Å². The predicted octanol–water partition coefficient (Wildman–Crippen LogP) is 9.51. The Labute approximate surface area is 241 Å². The van der Waals surface area contributed by atoms with Crippen LogP contribution in [0.25, 0.3) is 0 Å². The van der Waals surface area contributed by atoms with Gasteiger partial charge in [-0.25, -0.2) is 4.39 Å². The Morgan fingerprint density at radius 1 is 1.00 bits per heavy atom. The average Bonchev–Trinajstić information content (AvgIpc) is 3.26. The molecule has 0 amide bonds. The summed E-state index contributed by atoms with van der Waals surface area (Å²) in [7, 11) is 0. The van der Waals surface area contributed by atoms with Crippen molar-refractivity contribution in [1.82, 2.24) is 5.43 Å². The molecular formula is C34H50FN3S. The van der Waals surface area contributed by atoms with Gasteiger partial charge in [0.25, 0.3) is 0 Å². The first kappa shape index (κ1) is 28.8. The summed E-state index contributed by atoms with van der Waals surface area (Å²) >= 11 is 5.42. The van der Waals surface area contributed by atoms with E-state index in [4.69, 9.17) is 12.2 Å². The molecule has 5 heteroatoms. The lowest BCUT2D eigenvalue weighted by atomic mass is 9.46. The van der Waals surface area contributed by atoms with E-state index in [9.17, 15) is 4.39 Å². The number of hydrazone groups is 1. The first-order chi connectivity index (χ1) is 18.6. The number of benzene rings is 1. The summed E-state index contributed by atoms with van der Waals surface area (Å²) in [5.74, 6) is 4.99. The molecule has 0 aromatic heterocycles. The molecule has 214 valence electrons. The minimum absolute atomic E-state index is 0.256. The smallest absolute Gasteiger partial charge is 0.191 e. The number of allylic oxidation sites excluding steroid dienone is 2. The number of nitrogens with one attached hydrogen (secondary N) is 2. The van der Waals surface area contributed by atoms with Crippen LogP contribution in [0.1, 0.15) is 105 Å². The molecule has 0 spiro atoms. The van der Waals surface area contributed by atoms with Gasteiger partial charge in [-0.1, -0.05) is 59.5 Å². The van der Waals surface area contributed by atoms with E-state index in [0.717, 1.165) is 53.3 Å². The van der Waals surface area contributed by atoms with Gasteiger partial charge in [0.15, 0.2) is 5.11 Å². The average molecular weight is 552 g/mol. The largest absolute Gasteiger partial charge is 0.331 e. The Morgan fingerprint density at radius 3 is 2.51 bits per heavy atom. The minimum Gasteiger partial charge on any atom is -0.331 e. The van der Waals surface area contributed by atoms with Crippen molar-refractivity contribution in [1.29, 1.82) is 0 Å². The SMILES string of the molecule is CC(C)CCC[C@H](C)[C@@H]1CC[C@@H]2[C@H]3CCC4=C/C(=N\NC(=S)Nc5ccc(F)cc5)CC[C@]4(C)[C@@H]3CC[C@@]21C. The molecule has 7 atom stereocenters. The van der Waals surface area contributed by atoms with Gasteiger partial charge in [0, 0.05) is 5.69 Å². The lowest BCUT2D eigenvalue weighted by Gasteiger charge is -2.58. The van der Waals surface area contributed by atoms with Crippen LogP contribution in [0, 0.1) is 52.2 Å². The fourth-order valence-corrected chi connectivity index (χ4v) is 9.66. The van der Waals surface area contributed by atoms with E-state index in [1.54, 1.807) is 17.7 Å². The molecule has 1 aromatic carbocycles. The standard InChI is InChI=1S/C34H50FN3S/c1-22(2)7-6-8-23(3)29-15-16-30-28-14-9-24-21-27(17-19-33(24,4)31(28)18-20-34(29,30)5)37-38-32(39)36-26-12-10-25(35)11-13-26/h10-13,21-23,28-31H,6-9,14-20H2,1-5H3,(H2,36,38,39)/b37-27-/t23-,28+,29-,30+,31+,33-,34+/m0/s1. The summed E-state index contributed by atoms with van der Waals surface area (Å²) in [6, 6.07) is 6.21. The highest BCUT2D eigenvalue weighted by molar-refractivity contribution is 7.80. The molecule has 5 rings (SSSR count). The topological polar surface area (TPSA) is 36.4 Å². The van der Waals surface area contributed by atoms with Gasteiger partial charge in [0.1, 0.15) is 5.82 Å². The molecule has 0 bridgehead atoms. The van der Waals surface area contributed by atoms with Gasteiger partial charge < -0.3 is 5.32 Å². The van der Waals surface area contributed by atoms with Gasteiger partial charge in [0.2, 0.25) is 0 Å². The molecule has 0 radical (unpaired) electrons.